The molecule has 8 heteroatoms. The maximum atomic E-state index is 13.1. The molecule has 5 fully saturated rings. The Bertz CT molecular complexity index is 1510. The van der Waals surface area contributed by atoms with Crippen LogP contribution in [0, 0.1) is 23.7 Å². The van der Waals surface area contributed by atoms with E-state index in [0.29, 0.717) is 13.1 Å². The van der Waals surface area contributed by atoms with Crippen LogP contribution in [0.15, 0.2) is 78.9 Å². The van der Waals surface area contributed by atoms with Gasteiger partial charge in [-0.1, -0.05) is 85.8 Å². The molecule has 4 N–H and O–H groups in total. The maximum Gasteiger partial charge on any atom is 0.315 e. The van der Waals surface area contributed by atoms with Crippen molar-refractivity contribution in [1.29, 1.82) is 0 Å². The molecule has 0 radical (unpaired) electrons. The summed E-state index contributed by atoms with van der Waals surface area (Å²) >= 11 is 0. The summed E-state index contributed by atoms with van der Waals surface area (Å²) in [5, 5.41) is 27.3. The molecule has 49 heavy (non-hydrogen) atoms. The summed E-state index contributed by atoms with van der Waals surface area (Å²) in [6, 6.07) is 25.7. The Morgan fingerprint density at radius 3 is 2.08 bits per heavy atom. The van der Waals surface area contributed by atoms with Crippen molar-refractivity contribution in [3.63, 3.8) is 0 Å². The first-order valence-electron chi connectivity index (χ1n) is 18.3. The Hall–Kier alpha value is -3.27. The molecule has 1 saturated heterocycles. The smallest absolute Gasteiger partial charge is 0.315 e. The largest absolute Gasteiger partial charge is 0.392 e. The van der Waals surface area contributed by atoms with Gasteiger partial charge in [0.1, 0.15) is 0 Å². The average molecular weight is 668 g/mol. The van der Waals surface area contributed by atoms with Crippen LogP contribution in [0.25, 0.3) is 0 Å². The number of amides is 2. The van der Waals surface area contributed by atoms with Crippen molar-refractivity contribution >= 4 is 6.03 Å². The Balaban J connectivity index is 1.01. The van der Waals surface area contributed by atoms with Crippen LogP contribution in [0.5, 0.6) is 0 Å². The fraction of sp³-hybridized carbons (Fsp3) is 0.537. The van der Waals surface area contributed by atoms with Crippen molar-refractivity contribution in [3.8, 4) is 0 Å². The Morgan fingerprint density at radius 2 is 1.47 bits per heavy atom. The topological polar surface area (TPSA) is 103 Å². The summed E-state index contributed by atoms with van der Waals surface area (Å²) < 4.78 is 13.4. The van der Waals surface area contributed by atoms with Crippen LogP contribution in [-0.2, 0) is 22.6 Å². The summed E-state index contributed by atoms with van der Waals surface area (Å²) in [6.45, 7) is 5.25. The number of nitrogens with one attached hydrogen (secondary N) is 2. The number of carbonyl (C=O) groups is 1. The zero-order valence-corrected chi connectivity index (χ0v) is 29.1. The molecule has 0 unspecified atom stereocenters. The highest BCUT2D eigenvalue weighted by molar-refractivity contribution is 5.75. The van der Waals surface area contributed by atoms with E-state index in [-0.39, 0.29) is 42.3 Å². The van der Waals surface area contributed by atoms with E-state index in [4.69, 9.17) is 9.47 Å². The Labute approximate surface area is 291 Å². The van der Waals surface area contributed by atoms with Crippen molar-refractivity contribution < 1.29 is 24.5 Å². The molecule has 0 aromatic heterocycles. The van der Waals surface area contributed by atoms with Gasteiger partial charge in [0.25, 0.3) is 0 Å². The highest BCUT2D eigenvalue weighted by Gasteiger charge is 2.51. The lowest BCUT2D eigenvalue weighted by Gasteiger charge is -2.56. The molecule has 262 valence electrons. The van der Waals surface area contributed by atoms with Gasteiger partial charge in [0.2, 0.25) is 0 Å². The van der Waals surface area contributed by atoms with E-state index >= 15 is 0 Å². The second-order valence-corrected chi connectivity index (χ2v) is 15.6. The SMILES string of the molecule is C[C@H]1[C@@H](CN(C)[C@H](C)[C@@H](O)c2ccccc2)O[C@@H](c2ccc(CNC(=O)NC34CC5CC(CC(C5)C3)C4)cc2)O[C@H]1c1ccc(CO)cc1. The second-order valence-electron chi connectivity index (χ2n) is 15.6. The van der Waals surface area contributed by atoms with E-state index < -0.39 is 12.4 Å². The lowest BCUT2D eigenvalue weighted by molar-refractivity contribution is -0.276. The third-order valence-corrected chi connectivity index (χ3v) is 12.0. The third-order valence-electron chi connectivity index (χ3n) is 12.0. The van der Waals surface area contributed by atoms with Crippen molar-refractivity contribution in [2.24, 2.45) is 23.7 Å². The molecule has 8 nitrogen and oxygen atoms in total. The minimum atomic E-state index is -0.630. The predicted molar refractivity (Wildman–Crippen MR) is 189 cm³/mol. The van der Waals surface area contributed by atoms with Gasteiger partial charge in [-0.2, -0.15) is 0 Å². The summed E-state index contributed by atoms with van der Waals surface area (Å²) in [5.41, 5.74) is 4.71. The van der Waals surface area contributed by atoms with E-state index in [1.165, 1.54) is 19.3 Å². The Kier molecular flexibility index (Phi) is 10.1. The highest BCUT2D eigenvalue weighted by Crippen LogP contribution is 2.55. The molecule has 4 saturated carbocycles. The van der Waals surface area contributed by atoms with E-state index in [0.717, 1.165) is 64.8 Å². The van der Waals surface area contributed by atoms with Crippen molar-refractivity contribution in [2.75, 3.05) is 13.6 Å². The first-order valence-corrected chi connectivity index (χ1v) is 18.3. The summed E-state index contributed by atoms with van der Waals surface area (Å²) in [6.07, 6.45) is 5.85. The zero-order chi connectivity index (χ0) is 34.1. The number of aliphatic hydroxyl groups excluding tert-OH is 2. The molecule has 3 aromatic carbocycles. The first kappa shape index (κ1) is 34.2. The van der Waals surface area contributed by atoms with Crippen molar-refractivity contribution in [2.45, 2.75) is 102 Å². The van der Waals surface area contributed by atoms with Gasteiger partial charge in [-0.25, -0.2) is 4.79 Å². The lowest BCUT2D eigenvalue weighted by Crippen LogP contribution is -2.61. The normalized spacial score (nSPS) is 31.8. The number of benzene rings is 3. The van der Waals surface area contributed by atoms with Gasteiger partial charge in [0, 0.05) is 36.2 Å². The molecule has 1 heterocycles. The van der Waals surface area contributed by atoms with Crippen LogP contribution in [0.2, 0.25) is 0 Å². The summed E-state index contributed by atoms with van der Waals surface area (Å²) in [4.78, 5) is 15.2. The fourth-order valence-electron chi connectivity index (χ4n) is 9.47. The van der Waals surface area contributed by atoms with Gasteiger partial charge >= 0.3 is 6.03 Å². The van der Waals surface area contributed by atoms with Crippen molar-refractivity contribution in [3.05, 3.63) is 107 Å². The maximum absolute atomic E-state index is 13.1. The summed E-state index contributed by atoms with van der Waals surface area (Å²) in [5.74, 6) is 2.39. The standard InChI is InChI=1S/C41H53N3O5/c1-26-36(24-44(3)27(2)37(46)33-7-5-4-6-8-33)48-39(49-38(26)34-13-11-29(25-45)12-14-34)35-15-9-28(10-16-35)23-42-40(47)43-41-20-30-17-31(21-41)19-32(18-30)22-41/h4-16,26-27,30-32,36-39,45-46H,17-25H2,1-3H3,(H2,42,43,47)/t26-,27+,30?,31?,32?,36+,37+,38+,39+,41?/m0/s1. The fourth-order valence-corrected chi connectivity index (χ4v) is 9.47. The molecule has 6 atom stereocenters. The number of hydrogen-bond acceptors (Lipinski definition) is 6. The van der Waals surface area contributed by atoms with Gasteiger partial charge < -0.3 is 30.3 Å². The van der Waals surface area contributed by atoms with E-state index in [1.54, 1.807) is 0 Å². The number of ether oxygens (including phenoxy) is 2. The molecule has 4 bridgehead atoms. The number of nitrogens with zero attached hydrogens (tertiary/aromatic N) is 1. The molecule has 5 aliphatic rings. The highest BCUT2D eigenvalue weighted by atomic mass is 16.7. The molecular formula is C41H53N3O5. The van der Waals surface area contributed by atoms with Gasteiger partial charge in [0.15, 0.2) is 6.29 Å². The predicted octanol–water partition coefficient (Wildman–Crippen LogP) is 6.79. The van der Waals surface area contributed by atoms with E-state index in [9.17, 15) is 15.0 Å². The number of likely N-dealkylation sites (N-methyl/N-ethyl adjacent to an activating group) is 1. The number of urea groups is 1. The van der Waals surface area contributed by atoms with Crippen molar-refractivity contribution in [1.82, 2.24) is 15.5 Å². The third kappa shape index (κ3) is 7.59. The monoisotopic (exact) mass is 667 g/mol. The van der Waals surface area contributed by atoms with Crippen LogP contribution < -0.4 is 10.6 Å². The van der Waals surface area contributed by atoms with Gasteiger partial charge in [0.05, 0.1) is 24.9 Å². The second kappa shape index (κ2) is 14.5. The summed E-state index contributed by atoms with van der Waals surface area (Å²) in [7, 11) is 2.03. The molecular weight excluding hydrogens is 614 g/mol. The molecule has 8 rings (SSSR count). The van der Waals surface area contributed by atoms with Crippen LogP contribution in [-0.4, -0.2) is 52.4 Å². The molecule has 1 aliphatic heterocycles. The molecule has 4 aliphatic carbocycles. The average Bonchev–Trinajstić information content (AvgIpc) is 3.11. The number of carbonyl (C=O) groups excluding carboxylic acids is 1. The van der Waals surface area contributed by atoms with Gasteiger partial charge in [-0.15, -0.1) is 0 Å². The van der Waals surface area contributed by atoms with Crippen LogP contribution in [0.3, 0.4) is 0 Å². The van der Waals surface area contributed by atoms with Gasteiger partial charge in [-0.3, -0.25) is 4.90 Å². The lowest BCUT2D eigenvalue weighted by atomic mass is 9.53. The molecule has 3 aromatic rings. The number of hydrogen-bond donors (Lipinski definition) is 4. The Morgan fingerprint density at radius 1 is 0.878 bits per heavy atom. The quantitative estimate of drug-likeness (QED) is 0.180. The number of aliphatic hydroxyl groups is 2. The number of rotatable bonds is 11. The van der Waals surface area contributed by atoms with E-state index in [2.05, 4.69) is 22.5 Å². The van der Waals surface area contributed by atoms with Crippen LogP contribution >= 0.6 is 0 Å². The molecule has 0 spiro atoms. The first-order chi connectivity index (χ1) is 23.7. The molecule has 2 amide bonds. The van der Waals surface area contributed by atoms with Crippen LogP contribution in [0.1, 0.15) is 98.7 Å². The minimum Gasteiger partial charge on any atom is -0.392 e. The minimum absolute atomic E-state index is 0.00667. The van der Waals surface area contributed by atoms with E-state index in [1.807, 2.05) is 92.8 Å². The zero-order valence-electron chi connectivity index (χ0n) is 29.1. The van der Waals surface area contributed by atoms with Crippen LogP contribution in [0.4, 0.5) is 4.79 Å². The van der Waals surface area contributed by atoms with Gasteiger partial charge in [-0.05, 0) is 92.5 Å².